The largest absolute Gasteiger partial charge is 0.480 e. The average Bonchev–Trinajstić information content (AvgIpc) is 2.51. The van der Waals surface area contributed by atoms with E-state index in [1.165, 1.54) is 6.07 Å². The number of hydrogen-bond acceptors (Lipinski definition) is 5. The third-order valence-electron chi connectivity index (χ3n) is 3.43. The van der Waals surface area contributed by atoms with E-state index in [0.29, 0.717) is 29.3 Å². The fraction of sp³-hybridized carbons (Fsp3) is 0.375. The highest BCUT2D eigenvalue weighted by atomic mass is 16.4. The Kier molecular flexibility index (Phi) is 5.10. The van der Waals surface area contributed by atoms with Gasteiger partial charge in [-0.25, -0.2) is 14.8 Å². The zero-order valence-corrected chi connectivity index (χ0v) is 13.3. The minimum absolute atomic E-state index is 0.0757. The fourth-order valence-electron chi connectivity index (χ4n) is 2.12. The van der Waals surface area contributed by atoms with Gasteiger partial charge in [-0.05, 0) is 24.5 Å². The summed E-state index contributed by atoms with van der Waals surface area (Å²) in [5.74, 6) is -0.0864. The standard InChI is InChI=1S/C16H20N4O3/c1-4-11-7-13(21)20-15(18-11)10-5-6-12(17-8-10)19-14(9(2)3)16(22)23/h5-9,14H,4H2,1-3H3,(H,17,19)(H,22,23)(H,18,20,21)/t14-/m0/s1. The number of aromatic nitrogens is 3. The lowest BCUT2D eigenvalue weighted by Crippen LogP contribution is -2.34. The number of nitrogens with zero attached hydrogens (tertiary/aromatic N) is 2. The number of hydrogen-bond donors (Lipinski definition) is 3. The van der Waals surface area contributed by atoms with Crippen molar-refractivity contribution >= 4 is 11.8 Å². The second-order valence-electron chi connectivity index (χ2n) is 5.58. The Balaban J connectivity index is 2.24. The molecule has 0 fully saturated rings. The number of H-pyrrole nitrogens is 1. The van der Waals surface area contributed by atoms with Crippen molar-refractivity contribution in [3.8, 4) is 11.4 Å². The van der Waals surface area contributed by atoms with E-state index in [2.05, 4.69) is 20.3 Å². The molecule has 0 aliphatic carbocycles. The molecule has 0 bridgehead atoms. The molecule has 0 aliphatic heterocycles. The summed E-state index contributed by atoms with van der Waals surface area (Å²) in [5, 5.41) is 12.1. The SMILES string of the molecule is CCc1cc(=O)[nH]c(-c2ccc(N[C@H](C(=O)O)C(C)C)nc2)n1. The maximum atomic E-state index is 11.6. The minimum atomic E-state index is -0.924. The van der Waals surface area contributed by atoms with Crippen molar-refractivity contribution < 1.29 is 9.90 Å². The summed E-state index contributed by atoms with van der Waals surface area (Å²) >= 11 is 0. The molecule has 0 unspecified atom stereocenters. The molecule has 0 aliphatic rings. The van der Waals surface area contributed by atoms with Crippen molar-refractivity contribution in [1.82, 2.24) is 15.0 Å². The van der Waals surface area contributed by atoms with Gasteiger partial charge in [-0.3, -0.25) is 4.79 Å². The van der Waals surface area contributed by atoms with Gasteiger partial charge in [-0.1, -0.05) is 20.8 Å². The van der Waals surface area contributed by atoms with Gasteiger partial charge in [0.15, 0.2) is 0 Å². The first-order valence-corrected chi connectivity index (χ1v) is 7.46. The Morgan fingerprint density at radius 2 is 2.13 bits per heavy atom. The number of nitrogens with one attached hydrogen (secondary N) is 2. The van der Waals surface area contributed by atoms with Crippen LogP contribution in [0.2, 0.25) is 0 Å². The molecule has 2 aromatic rings. The van der Waals surface area contributed by atoms with Crippen LogP contribution in [0.4, 0.5) is 5.82 Å². The number of aromatic amines is 1. The number of aliphatic carboxylic acids is 1. The molecule has 2 heterocycles. The smallest absolute Gasteiger partial charge is 0.326 e. The molecule has 0 saturated heterocycles. The van der Waals surface area contributed by atoms with Gasteiger partial charge in [-0.2, -0.15) is 0 Å². The second kappa shape index (κ2) is 7.04. The first kappa shape index (κ1) is 16.7. The number of anilines is 1. The lowest BCUT2D eigenvalue weighted by Gasteiger charge is -2.18. The van der Waals surface area contributed by atoms with Crippen LogP contribution < -0.4 is 10.9 Å². The van der Waals surface area contributed by atoms with Crippen LogP contribution in [0.5, 0.6) is 0 Å². The maximum absolute atomic E-state index is 11.6. The number of pyridine rings is 1. The molecule has 7 heteroatoms. The van der Waals surface area contributed by atoms with Gasteiger partial charge in [-0.15, -0.1) is 0 Å². The Morgan fingerprint density at radius 1 is 1.39 bits per heavy atom. The van der Waals surface area contributed by atoms with E-state index in [-0.39, 0.29) is 11.5 Å². The summed E-state index contributed by atoms with van der Waals surface area (Å²) in [7, 11) is 0. The third kappa shape index (κ3) is 4.15. The Labute approximate surface area is 133 Å². The summed E-state index contributed by atoms with van der Waals surface area (Å²) < 4.78 is 0. The first-order chi connectivity index (χ1) is 10.9. The van der Waals surface area contributed by atoms with Crippen LogP contribution in [-0.4, -0.2) is 32.1 Å². The van der Waals surface area contributed by atoms with E-state index >= 15 is 0 Å². The molecule has 0 aromatic carbocycles. The molecular formula is C16H20N4O3. The summed E-state index contributed by atoms with van der Waals surface area (Å²) in [5.41, 5.74) is 1.16. The van der Waals surface area contributed by atoms with Crippen LogP contribution in [0.25, 0.3) is 11.4 Å². The fourth-order valence-corrected chi connectivity index (χ4v) is 2.12. The highest BCUT2D eigenvalue weighted by molar-refractivity contribution is 5.77. The molecule has 2 rings (SSSR count). The van der Waals surface area contributed by atoms with Crippen LogP contribution in [0.1, 0.15) is 26.5 Å². The van der Waals surface area contributed by atoms with Gasteiger partial charge < -0.3 is 15.4 Å². The first-order valence-electron chi connectivity index (χ1n) is 7.46. The van der Waals surface area contributed by atoms with Crippen molar-refractivity contribution in [1.29, 1.82) is 0 Å². The number of carboxylic acids is 1. The Hall–Kier alpha value is -2.70. The van der Waals surface area contributed by atoms with E-state index in [9.17, 15) is 14.7 Å². The lowest BCUT2D eigenvalue weighted by molar-refractivity contribution is -0.138. The van der Waals surface area contributed by atoms with Crippen LogP contribution in [0.3, 0.4) is 0 Å². The molecule has 23 heavy (non-hydrogen) atoms. The van der Waals surface area contributed by atoms with Gasteiger partial charge in [0.25, 0.3) is 5.56 Å². The van der Waals surface area contributed by atoms with Gasteiger partial charge in [0.1, 0.15) is 17.7 Å². The highest BCUT2D eigenvalue weighted by Crippen LogP contribution is 2.16. The van der Waals surface area contributed by atoms with Crippen molar-refractivity contribution in [3.63, 3.8) is 0 Å². The minimum Gasteiger partial charge on any atom is -0.480 e. The molecule has 0 amide bonds. The third-order valence-corrected chi connectivity index (χ3v) is 3.43. The van der Waals surface area contributed by atoms with Gasteiger partial charge in [0.05, 0.1) is 0 Å². The molecule has 122 valence electrons. The summed E-state index contributed by atoms with van der Waals surface area (Å²) in [6.07, 6.45) is 2.22. The van der Waals surface area contributed by atoms with Crippen LogP contribution >= 0.6 is 0 Å². The number of carbonyl (C=O) groups is 1. The van der Waals surface area contributed by atoms with E-state index in [1.54, 1.807) is 18.3 Å². The molecule has 0 spiro atoms. The molecule has 7 nitrogen and oxygen atoms in total. The molecular weight excluding hydrogens is 296 g/mol. The molecule has 0 radical (unpaired) electrons. The van der Waals surface area contributed by atoms with Crippen LogP contribution in [0, 0.1) is 5.92 Å². The molecule has 2 aromatic heterocycles. The number of aryl methyl sites for hydroxylation is 1. The topological polar surface area (TPSA) is 108 Å². The summed E-state index contributed by atoms with van der Waals surface area (Å²) in [6, 6.07) is 4.17. The summed E-state index contributed by atoms with van der Waals surface area (Å²) in [4.78, 5) is 34.1. The van der Waals surface area contributed by atoms with E-state index in [4.69, 9.17) is 0 Å². The van der Waals surface area contributed by atoms with Gasteiger partial charge >= 0.3 is 5.97 Å². The van der Waals surface area contributed by atoms with Crippen molar-refractivity contribution in [3.05, 3.63) is 40.4 Å². The van der Waals surface area contributed by atoms with E-state index in [1.807, 2.05) is 20.8 Å². The lowest BCUT2D eigenvalue weighted by atomic mass is 10.1. The quantitative estimate of drug-likeness (QED) is 0.751. The predicted octanol–water partition coefficient (Wildman–Crippen LogP) is 1.92. The van der Waals surface area contributed by atoms with Gasteiger partial charge in [0, 0.05) is 23.5 Å². The second-order valence-corrected chi connectivity index (χ2v) is 5.58. The Morgan fingerprint density at radius 3 is 2.65 bits per heavy atom. The van der Waals surface area contributed by atoms with Crippen molar-refractivity contribution in [2.45, 2.75) is 33.2 Å². The Bertz CT molecular complexity index is 738. The monoisotopic (exact) mass is 316 g/mol. The van der Waals surface area contributed by atoms with Gasteiger partial charge in [0.2, 0.25) is 0 Å². The number of rotatable bonds is 6. The molecule has 3 N–H and O–H groups in total. The summed E-state index contributed by atoms with van der Waals surface area (Å²) in [6.45, 7) is 5.57. The molecule has 1 atom stereocenters. The van der Waals surface area contributed by atoms with E-state index in [0.717, 1.165) is 0 Å². The van der Waals surface area contributed by atoms with Crippen molar-refractivity contribution in [2.24, 2.45) is 5.92 Å². The average molecular weight is 316 g/mol. The zero-order chi connectivity index (χ0) is 17.0. The zero-order valence-electron chi connectivity index (χ0n) is 13.3. The highest BCUT2D eigenvalue weighted by Gasteiger charge is 2.21. The normalized spacial score (nSPS) is 12.2. The van der Waals surface area contributed by atoms with E-state index < -0.39 is 12.0 Å². The number of carboxylic acid groups (broad SMARTS) is 1. The maximum Gasteiger partial charge on any atom is 0.326 e. The molecule has 0 saturated carbocycles. The van der Waals surface area contributed by atoms with Crippen LogP contribution in [-0.2, 0) is 11.2 Å². The van der Waals surface area contributed by atoms with Crippen molar-refractivity contribution in [2.75, 3.05) is 5.32 Å². The predicted molar refractivity (Wildman–Crippen MR) is 87.4 cm³/mol. The van der Waals surface area contributed by atoms with Crippen LogP contribution in [0.15, 0.2) is 29.2 Å².